The number of rotatable bonds is 2. The normalized spacial score (nSPS) is 43.0. The number of hydrogen-bond donors (Lipinski definition) is 1. The van der Waals surface area contributed by atoms with E-state index in [4.69, 9.17) is 4.74 Å². The van der Waals surface area contributed by atoms with E-state index in [0.29, 0.717) is 12.0 Å². The Morgan fingerprint density at radius 2 is 2.25 bits per heavy atom. The number of aliphatic hydroxyl groups excluding tert-OH is 1. The molecular formula is C9H17NO2. The number of β-amino-alcohol motifs (C(OH)–C–C–N with tert-alkyl or cyclic N) is 1. The fourth-order valence-electron chi connectivity index (χ4n) is 2.04. The van der Waals surface area contributed by atoms with Gasteiger partial charge in [-0.3, -0.25) is 4.90 Å². The summed E-state index contributed by atoms with van der Waals surface area (Å²) in [7, 11) is 0. The molecule has 0 radical (unpaired) electrons. The fraction of sp³-hybridized carbons (Fsp3) is 1.00. The van der Waals surface area contributed by atoms with Gasteiger partial charge in [-0.1, -0.05) is 6.92 Å². The number of epoxide rings is 1. The summed E-state index contributed by atoms with van der Waals surface area (Å²) < 4.78 is 5.16. The lowest BCUT2D eigenvalue weighted by Crippen LogP contribution is -2.43. The highest BCUT2D eigenvalue weighted by molar-refractivity contribution is 4.81. The maximum atomic E-state index is 9.50. The molecule has 2 unspecified atom stereocenters. The van der Waals surface area contributed by atoms with Gasteiger partial charge >= 0.3 is 0 Å². The summed E-state index contributed by atoms with van der Waals surface area (Å²) in [6.45, 7) is 6.09. The second-order valence-corrected chi connectivity index (χ2v) is 4.17. The minimum Gasteiger partial charge on any atom is -0.392 e. The summed E-state index contributed by atoms with van der Waals surface area (Å²) in [5.74, 6) is 0.632. The quantitative estimate of drug-likeness (QED) is 0.598. The van der Waals surface area contributed by atoms with Crippen molar-refractivity contribution in [1.29, 1.82) is 0 Å². The standard InChI is InChI=1S/C9H17NO2/c1-7-2-8(11)4-10(3-7)5-9-6-12-9/h7-9,11H,2-6H2,1H3/t7?,8?,9-/m0/s1. The molecule has 1 N–H and O–H groups in total. The zero-order chi connectivity index (χ0) is 8.55. The highest BCUT2D eigenvalue weighted by atomic mass is 16.6. The van der Waals surface area contributed by atoms with Gasteiger partial charge in [0, 0.05) is 19.6 Å². The first kappa shape index (κ1) is 8.48. The Bertz CT molecular complexity index is 146. The minimum absolute atomic E-state index is 0.118. The Balaban J connectivity index is 1.79. The molecule has 12 heavy (non-hydrogen) atoms. The summed E-state index contributed by atoms with van der Waals surface area (Å²) >= 11 is 0. The molecule has 2 heterocycles. The first-order valence-electron chi connectivity index (χ1n) is 4.76. The van der Waals surface area contributed by atoms with E-state index >= 15 is 0 Å². The van der Waals surface area contributed by atoms with Crippen molar-refractivity contribution in [3.8, 4) is 0 Å². The van der Waals surface area contributed by atoms with Crippen molar-refractivity contribution >= 4 is 0 Å². The van der Waals surface area contributed by atoms with E-state index in [1.165, 1.54) is 0 Å². The third-order valence-corrected chi connectivity index (χ3v) is 2.58. The van der Waals surface area contributed by atoms with Gasteiger partial charge in [0.25, 0.3) is 0 Å². The monoisotopic (exact) mass is 171 g/mol. The van der Waals surface area contributed by atoms with Crippen LogP contribution in [0.1, 0.15) is 13.3 Å². The Kier molecular flexibility index (Phi) is 2.35. The third-order valence-electron chi connectivity index (χ3n) is 2.58. The van der Waals surface area contributed by atoms with Crippen LogP contribution in [0.5, 0.6) is 0 Å². The zero-order valence-electron chi connectivity index (χ0n) is 7.57. The van der Waals surface area contributed by atoms with E-state index in [1.807, 2.05) is 0 Å². The van der Waals surface area contributed by atoms with Crippen LogP contribution < -0.4 is 0 Å². The number of likely N-dealkylation sites (tertiary alicyclic amines) is 1. The van der Waals surface area contributed by atoms with Crippen LogP contribution in [0.4, 0.5) is 0 Å². The number of aliphatic hydroxyl groups is 1. The summed E-state index contributed by atoms with van der Waals surface area (Å²) in [5, 5.41) is 9.50. The van der Waals surface area contributed by atoms with Crippen molar-refractivity contribution in [3.63, 3.8) is 0 Å². The molecule has 2 rings (SSSR count). The molecule has 2 fully saturated rings. The first-order valence-corrected chi connectivity index (χ1v) is 4.76. The number of hydrogen-bond acceptors (Lipinski definition) is 3. The molecule has 3 heteroatoms. The lowest BCUT2D eigenvalue weighted by Gasteiger charge is -2.33. The van der Waals surface area contributed by atoms with Crippen molar-refractivity contribution in [1.82, 2.24) is 4.90 Å². The van der Waals surface area contributed by atoms with E-state index in [9.17, 15) is 5.11 Å². The van der Waals surface area contributed by atoms with Crippen molar-refractivity contribution in [2.45, 2.75) is 25.6 Å². The van der Waals surface area contributed by atoms with Crippen molar-refractivity contribution in [3.05, 3.63) is 0 Å². The summed E-state index contributed by atoms with van der Waals surface area (Å²) in [5.41, 5.74) is 0. The summed E-state index contributed by atoms with van der Waals surface area (Å²) in [6, 6.07) is 0. The molecule has 0 saturated carbocycles. The second-order valence-electron chi connectivity index (χ2n) is 4.17. The maximum absolute atomic E-state index is 9.50. The average Bonchev–Trinajstić information content (AvgIpc) is 2.68. The molecule has 0 aromatic carbocycles. The van der Waals surface area contributed by atoms with Gasteiger partial charge in [-0.15, -0.1) is 0 Å². The zero-order valence-corrected chi connectivity index (χ0v) is 7.57. The molecule has 0 amide bonds. The van der Waals surface area contributed by atoms with Gasteiger partial charge < -0.3 is 9.84 Å². The van der Waals surface area contributed by atoms with Crippen LogP contribution in [-0.2, 0) is 4.74 Å². The number of nitrogens with zero attached hydrogens (tertiary/aromatic N) is 1. The van der Waals surface area contributed by atoms with Crippen molar-refractivity contribution in [2.75, 3.05) is 26.2 Å². The van der Waals surface area contributed by atoms with E-state index in [-0.39, 0.29) is 6.10 Å². The third kappa shape index (κ3) is 2.19. The first-order chi connectivity index (χ1) is 5.74. The van der Waals surface area contributed by atoms with E-state index in [1.54, 1.807) is 0 Å². The molecule has 3 nitrogen and oxygen atoms in total. The van der Waals surface area contributed by atoms with Crippen LogP contribution in [0.2, 0.25) is 0 Å². The highest BCUT2D eigenvalue weighted by Crippen LogP contribution is 2.19. The Morgan fingerprint density at radius 1 is 1.50 bits per heavy atom. The summed E-state index contributed by atoms with van der Waals surface area (Å²) in [6.07, 6.45) is 1.30. The maximum Gasteiger partial charge on any atom is 0.0936 e. The average molecular weight is 171 g/mol. The van der Waals surface area contributed by atoms with Gasteiger partial charge in [0.2, 0.25) is 0 Å². The van der Waals surface area contributed by atoms with E-state index < -0.39 is 0 Å². The molecular weight excluding hydrogens is 154 g/mol. The van der Waals surface area contributed by atoms with Crippen LogP contribution in [0, 0.1) is 5.92 Å². The topological polar surface area (TPSA) is 36.0 Å². The number of piperidine rings is 1. The molecule has 2 saturated heterocycles. The van der Waals surface area contributed by atoms with Crippen molar-refractivity contribution < 1.29 is 9.84 Å². The summed E-state index contributed by atoms with van der Waals surface area (Å²) in [4.78, 5) is 2.32. The minimum atomic E-state index is -0.118. The van der Waals surface area contributed by atoms with Crippen molar-refractivity contribution in [2.24, 2.45) is 5.92 Å². The largest absolute Gasteiger partial charge is 0.392 e. The van der Waals surface area contributed by atoms with Gasteiger partial charge in [0.05, 0.1) is 18.8 Å². The van der Waals surface area contributed by atoms with Crippen LogP contribution in [-0.4, -0.2) is 48.5 Å². The molecule has 0 bridgehead atoms. The number of ether oxygens (including phenoxy) is 1. The second kappa shape index (κ2) is 3.32. The van der Waals surface area contributed by atoms with Gasteiger partial charge in [-0.25, -0.2) is 0 Å². The fourth-order valence-corrected chi connectivity index (χ4v) is 2.04. The van der Waals surface area contributed by atoms with E-state index in [0.717, 1.165) is 32.7 Å². The van der Waals surface area contributed by atoms with Crippen LogP contribution >= 0.6 is 0 Å². The Labute approximate surface area is 73.3 Å². The molecule has 2 aliphatic rings. The molecule has 0 spiro atoms. The van der Waals surface area contributed by atoms with Crippen LogP contribution in [0.25, 0.3) is 0 Å². The van der Waals surface area contributed by atoms with Gasteiger partial charge in [0.1, 0.15) is 0 Å². The van der Waals surface area contributed by atoms with E-state index in [2.05, 4.69) is 11.8 Å². The SMILES string of the molecule is CC1CC(O)CN(C[C@H]2CO2)C1. The lowest BCUT2D eigenvalue weighted by molar-refractivity contribution is 0.0416. The van der Waals surface area contributed by atoms with Gasteiger partial charge in [0.15, 0.2) is 0 Å². The molecule has 0 aromatic rings. The van der Waals surface area contributed by atoms with Crippen LogP contribution in [0.3, 0.4) is 0 Å². The highest BCUT2D eigenvalue weighted by Gasteiger charge is 2.29. The molecule has 70 valence electrons. The molecule has 2 aliphatic heterocycles. The lowest BCUT2D eigenvalue weighted by atomic mass is 9.98. The van der Waals surface area contributed by atoms with Crippen LogP contribution in [0.15, 0.2) is 0 Å². The molecule has 3 atom stereocenters. The smallest absolute Gasteiger partial charge is 0.0936 e. The molecule has 0 aromatic heterocycles. The Hall–Kier alpha value is -0.120. The molecule has 0 aliphatic carbocycles. The predicted octanol–water partition coefficient (Wildman–Crippen LogP) is 0.0879. The predicted molar refractivity (Wildman–Crippen MR) is 46.0 cm³/mol. The Morgan fingerprint density at radius 3 is 2.83 bits per heavy atom. The van der Waals surface area contributed by atoms with Gasteiger partial charge in [-0.05, 0) is 12.3 Å². The van der Waals surface area contributed by atoms with Gasteiger partial charge in [-0.2, -0.15) is 0 Å².